The van der Waals surface area contributed by atoms with Gasteiger partial charge in [-0.05, 0) is 31.7 Å². The topological polar surface area (TPSA) is 50.7 Å². The Morgan fingerprint density at radius 3 is 2.75 bits per heavy atom. The number of aromatic amines is 1. The molecule has 1 heterocycles. The van der Waals surface area contributed by atoms with E-state index in [0.717, 1.165) is 11.3 Å². The van der Waals surface area contributed by atoms with Crippen molar-refractivity contribution in [2.45, 2.75) is 19.0 Å². The second kappa shape index (κ2) is 4.17. The van der Waals surface area contributed by atoms with E-state index in [0.29, 0.717) is 5.16 Å². The zero-order valence-electron chi connectivity index (χ0n) is 9.44. The van der Waals surface area contributed by atoms with Crippen molar-refractivity contribution >= 4 is 11.8 Å². The third kappa shape index (κ3) is 1.78. The summed E-state index contributed by atoms with van der Waals surface area (Å²) in [5.41, 5.74) is 2.94. The molecule has 2 aromatic rings. The van der Waals surface area contributed by atoms with Gasteiger partial charge in [0, 0.05) is 0 Å². The van der Waals surface area contributed by atoms with Gasteiger partial charge in [-0.1, -0.05) is 29.5 Å². The van der Waals surface area contributed by atoms with Crippen molar-refractivity contribution < 1.29 is 0 Å². The first-order valence-corrected chi connectivity index (χ1v) is 6.15. The molecule has 0 atom stereocenters. The summed E-state index contributed by atoms with van der Waals surface area (Å²) in [5, 5.41) is 7.11. The Balaban J connectivity index is 2.67. The molecular formula is C11H13N3OS. The van der Waals surface area contributed by atoms with Gasteiger partial charge < -0.3 is 0 Å². The predicted octanol–water partition coefficient (Wildman–Crippen LogP) is 1.90. The molecule has 0 spiro atoms. The molecule has 0 saturated heterocycles. The molecule has 0 radical (unpaired) electrons. The van der Waals surface area contributed by atoms with Gasteiger partial charge in [0.25, 0.3) is 0 Å². The number of benzene rings is 1. The van der Waals surface area contributed by atoms with E-state index in [9.17, 15) is 4.79 Å². The van der Waals surface area contributed by atoms with E-state index >= 15 is 0 Å². The molecule has 1 aromatic carbocycles. The lowest BCUT2D eigenvalue weighted by Crippen LogP contribution is -2.16. The van der Waals surface area contributed by atoms with Gasteiger partial charge in [0.05, 0.1) is 5.69 Å². The molecule has 0 aliphatic heterocycles. The maximum atomic E-state index is 11.7. The first-order valence-electron chi connectivity index (χ1n) is 4.92. The smallest absolute Gasteiger partial charge is 0.246 e. The molecule has 0 fully saturated rings. The van der Waals surface area contributed by atoms with Gasteiger partial charge in [-0.3, -0.25) is 0 Å². The van der Waals surface area contributed by atoms with E-state index < -0.39 is 0 Å². The van der Waals surface area contributed by atoms with E-state index in [1.165, 1.54) is 17.3 Å². The normalized spacial score (nSPS) is 10.7. The fraction of sp³-hybridized carbons (Fsp3) is 0.273. The highest BCUT2D eigenvalue weighted by Crippen LogP contribution is 2.18. The lowest BCUT2D eigenvalue weighted by molar-refractivity contribution is 0.865. The minimum atomic E-state index is -0.198. The first kappa shape index (κ1) is 11.0. The van der Waals surface area contributed by atoms with Crippen molar-refractivity contribution in [3.8, 4) is 5.69 Å². The van der Waals surface area contributed by atoms with E-state index in [2.05, 4.69) is 16.3 Å². The number of hydrogen-bond acceptors (Lipinski definition) is 3. The van der Waals surface area contributed by atoms with E-state index in [1.54, 1.807) is 4.57 Å². The summed E-state index contributed by atoms with van der Waals surface area (Å²) >= 11 is 1.44. The van der Waals surface area contributed by atoms with Crippen LogP contribution in [0, 0.1) is 13.8 Å². The molecule has 1 N–H and O–H groups in total. The summed E-state index contributed by atoms with van der Waals surface area (Å²) in [5.74, 6) is 0. The standard InChI is InChI=1S/C11H13N3OS/c1-7-4-5-9(8(2)6-7)14-10(15)12-13-11(14)16-3/h4-6H,1-3H3,(H,12,15). The summed E-state index contributed by atoms with van der Waals surface area (Å²) in [6, 6.07) is 5.99. The van der Waals surface area contributed by atoms with Crippen LogP contribution in [0.4, 0.5) is 0 Å². The molecule has 0 aliphatic carbocycles. The van der Waals surface area contributed by atoms with Crippen LogP contribution in [0.2, 0.25) is 0 Å². The monoisotopic (exact) mass is 235 g/mol. The van der Waals surface area contributed by atoms with Crippen LogP contribution in [0.3, 0.4) is 0 Å². The van der Waals surface area contributed by atoms with Crippen molar-refractivity contribution in [1.82, 2.24) is 14.8 Å². The van der Waals surface area contributed by atoms with Crippen LogP contribution in [0.25, 0.3) is 5.69 Å². The Labute approximate surface area is 97.7 Å². The number of nitrogens with one attached hydrogen (secondary N) is 1. The number of aromatic nitrogens is 3. The Hall–Kier alpha value is -1.49. The fourth-order valence-electron chi connectivity index (χ4n) is 1.69. The number of rotatable bonds is 2. The van der Waals surface area contributed by atoms with Crippen molar-refractivity contribution in [2.24, 2.45) is 0 Å². The van der Waals surface area contributed by atoms with Crippen molar-refractivity contribution in [2.75, 3.05) is 6.26 Å². The van der Waals surface area contributed by atoms with Gasteiger partial charge >= 0.3 is 5.69 Å². The minimum absolute atomic E-state index is 0.198. The van der Waals surface area contributed by atoms with Crippen LogP contribution in [-0.2, 0) is 0 Å². The number of H-pyrrole nitrogens is 1. The van der Waals surface area contributed by atoms with Gasteiger partial charge in [0.2, 0.25) is 0 Å². The lowest BCUT2D eigenvalue weighted by Gasteiger charge is -2.08. The van der Waals surface area contributed by atoms with Crippen LogP contribution in [0.1, 0.15) is 11.1 Å². The third-order valence-corrected chi connectivity index (χ3v) is 3.06. The molecule has 0 unspecified atom stereocenters. The van der Waals surface area contributed by atoms with E-state index in [-0.39, 0.29) is 5.69 Å². The molecule has 0 amide bonds. The lowest BCUT2D eigenvalue weighted by atomic mass is 10.1. The highest BCUT2D eigenvalue weighted by molar-refractivity contribution is 7.98. The third-order valence-electron chi connectivity index (χ3n) is 2.42. The summed E-state index contributed by atoms with van der Waals surface area (Å²) < 4.78 is 1.60. The van der Waals surface area contributed by atoms with Crippen LogP contribution < -0.4 is 5.69 Å². The number of thioether (sulfide) groups is 1. The average molecular weight is 235 g/mol. The van der Waals surface area contributed by atoms with Crippen LogP contribution in [0.15, 0.2) is 28.2 Å². The first-order chi connectivity index (χ1) is 7.63. The number of aryl methyl sites for hydroxylation is 2. The molecule has 16 heavy (non-hydrogen) atoms. The van der Waals surface area contributed by atoms with Gasteiger partial charge in [-0.15, -0.1) is 5.10 Å². The zero-order valence-corrected chi connectivity index (χ0v) is 10.3. The summed E-state index contributed by atoms with van der Waals surface area (Å²) in [7, 11) is 0. The molecule has 1 aromatic heterocycles. The molecule has 0 saturated carbocycles. The molecule has 0 bridgehead atoms. The summed E-state index contributed by atoms with van der Waals surface area (Å²) in [6.07, 6.45) is 1.90. The average Bonchev–Trinajstić information content (AvgIpc) is 2.60. The zero-order chi connectivity index (χ0) is 11.7. The fourth-order valence-corrected chi connectivity index (χ4v) is 2.19. The molecule has 0 aliphatic rings. The van der Waals surface area contributed by atoms with E-state index in [4.69, 9.17) is 0 Å². The van der Waals surface area contributed by atoms with Crippen molar-refractivity contribution in [1.29, 1.82) is 0 Å². The minimum Gasteiger partial charge on any atom is -0.246 e. The summed E-state index contributed by atoms with van der Waals surface area (Å²) in [6.45, 7) is 4.02. The van der Waals surface area contributed by atoms with Crippen LogP contribution in [-0.4, -0.2) is 21.0 Å². The molecular weight excluding hydrogens is 222 g/mol. The number of hydrogen-bond donors (Lipinski definition) is 1. The Bertz CT molecular complexity index is 571. The number of nitrogens with zero attached hydrogens (tertiary/aromatic N) is 2. The molecule has 4 nitrogen and oxygen atoms in total. The van der Waals surface area contributed by atoms with Crippen LogP contribution >= 0.6 is 11.8 Å². The maximum absolute atomic E-state index is 11.7. The Kier molecular flexibility index (Phi) is 2.87. The summed E-state index contributed by atoms with van der Waals surface area (Å²) in [4.78, 5) is 11.7. The highest BCUT2D eigenvalue weighted by atomic mass is 32.2. The second-order valence-corrected chi connectivity index (χ2v) is 4.41. The Morgan fingerprint density at radius 2 is 2.12 bits per heavy atom. The predicted molar refractivity (Wildman–Crippen MR) is 65.4 cm³/mol. The second-order valence-electron chi connectivity index (χ2n) is 3.64. The van der Waals surface area contributed by atoms with Crippen molar-refractivity contribution in [3.05, 3.63) is 39.8 Å². The molecule has 2 rings (SSSR count). The maximum Gasteiger partial charge on any atom is 0.348 e. The quantitative estimate of drug-likeness (QED) is 0.809. The van der Waals surface area contributed by atoms with Crippen LogP contribution in [0.5, 0.6) is 0 Å². The molecule has 5 heteroatoms. The largest absolute Gasteiger partial charge is 0.348 e. The Morgan fingerprint density at radius 1 is 1.38 bits per heavy atom. The SMILES string of the molecule is CSc1n[nH]c(=O)n1-c1ccc(C)cc1C. The van der Waals surface area contributed by atoms with Gasteiger partial charge in [-0.2, -0.15) is 0 Å². The van der Waals surface area contributed by atoms with E-state index in [1.807, 2.05) is 32.2 Å². The van der Waals surface area contributed by atoms with Crippen molar-refractivity contribution in [3.63, 3.8) is 0 Å². The van der Waals surface area contributed by atoms with Gasteiger partial charge in [0.15, 0.2) is 5.16 Å². The van der Waals surface area contributed by atoms with Gasteiger partial charge in [-0.25, -0.2) is 14.5 Å². The highest BCUT2D eigenvalue weighted by Gasteiger charge is 2.10. The molecule has 84 valence electrons. The van der Waals surface area contributed by atoms with Gasteiger partial charge in [0.1, 0.15) is 0 Å².